The summed E-state index contributed by atoms with van der Waals surface area (Å²) in [6, 6.07) is 0. The van der Waals surface area contributed by atoms with Gasteiger partial charge in [-0.2, -0.15) is 0 Å². The van der Waals surface area contributed by atoms with Crippen LogP contribution in [0.3, 0.4) is 0 Å². The van der Waals surface area contributed by atoms with Gasteiger partial charge in [-0.3, -0.25) is 4.79 Å². The van der Waals surface area contributed by atoms with Crippen molar-refractivity contribution in [1.82, 2.24) is 0 Å². The Hall–Kier alpha value is -0.530. The molecule has 1 saturated heterocycles. The van der Waals surface area contributed by atoms with Crippen LogP contribution in [0.2, 0.25) is 0 Å². The molecule has 22 heavy (non-hydrogen) atoms. The van der Waals surface area contributed by atoms with Crippen LogP contribution in [0.1, 0.15) is 85.5 Å². The summed E-state index contributed by atoms with van der Waals surface area (Å²) >= 11 is 0. The Kier molecular flexibility index (Phi) is 2.94. The molecule has 4 aliphatic rings. The first-order valence-electron chi connectivity index (χ1n) is 9.53. The zero-order valence-corrected chi connectivity index (χ0v) is 14.8. The molecule has 1 heterocycles. The molecular formula is C20H32O2. The van der Waals surface area contributed by atoms with E-state index in [1.807, 2.05) is 0 Å². The molecule has 3 aliphatic carbocycles. The highest BCUT2D eigenvalue weighted by atomic mass is 16.6. The van der Waals surface area contributed by atoms with Crippen molar-refractivity contribution in [2.45, 2.75) is 91.1 Å². The summed E-state index contributed by atoms with van der Waals surface area (Å²) in [7, 11) is 0. The van der Waals surface area contributed by atoms with Gasteiger partial charge in [0.2, 0.25) is 0 Å². The van der Waals surface area contributed by atoms with E-state index in [1.54, 1.807) is 0 Å². The Balaban J connectivity index is 1.75. The quantitative estimate of drug-likeness (QED) is 0.630. The molecule has 0 aromatic carbocycles. The number of hydrogen-bond acceptors (Lipinski definition) is 2. The van der Waals surface area contributed by atoms with Crippen LogP contribution in [-0.4, -0.2) is 11.6 Å². The van der Waals surface area contributed by atoms with E-state index >= 15 is 0 Å². The van der Waals surface area contributed by atoms with Crippen LogP contribution in [0.25, 0.3) is 0 Å². The third kappa shape index (κ3) is 1.55. The topological polar surface area (TPSA) is 26.3 Å². The lowest BCUT2D eigenvalue weighted by Crippen LogP contribution is -2.62. The maximum atomic E-state index is 12.7. The third-order valence-corrected chi connectivity index (χ3v) is 8.83. The zero-order chi connectivity index (χ0) is 15.8. The lowest BCUT2D eigenvalue weighted by Gasteiger charge is -2.62. The fraction of sp³-hybridized carbons (Fsp3) is 0.950. The molecule has 0 amide bonds. The highest BCUT2D eigenvalue weighted by Crippen LogP contribution is 2.71. The minimum atomic E-state index is -0.183. The molecule has 0 unspecified atom stereocenters. The van der Waals surface area contributed by atoms with Crippen LogP contribution < -0.4 is 0 Å². The maximum Gasteiger partial charge on any atom is 0.312 e. The largest absolute Gasteiger partial charge is 0.458 e. The monoisotopic (exact) mass is 304 g/mol. The molecule has 0 radical (unpaired) electrons. The molecule has 124 valence electrons. The Morgan fingerprint density at radius 1 is 1.09 bits per heavy atom. The number of carbonyl (C=O) groups excluding carboxylic acids is 1. The minimum absolute atomic E-state index is 0.126. The molecule has 2 heteroatoms. The van der Waals surface area contributed by atoms with Crippen LogP contribution in [-0.2, 0) is 9.53 Å². The van der Waals surface area contributed by atoms with E-state index in [9.17, 15) is 4.79 Å². The van der Waals surface area contributed by atoms with Gasteiger partial charge >= 0.3 is 5.97 Å². The second-order valence-corrected chi connectivity index (χ2v) is 9.66. The summed E-state index contributed by atoms with van der Waals surface area (Å²) in [5, 5.41) is 0. The second-order valence-electron chi connectivity index (χ2n) is 9.66. The molecule has 0 spiro atoms. The molecule has 4 fully saturated rings. The first-order valence-corrected chi connectivity index (χ1v) is 9.53. The summed E-state index contributed by atoms with van der Waals surface area (Å²) in [5.41, 5.74) is 0.416. The van der Waals surface area contributed by atoms with Gasteiger partial charge in [0, 0.05) is 11.3 Å². The molecule has 6 atom stereocenters. The number of fused-ring (bicyclic) bond motifs is 1. The highest BCUT2D eigenvalue weighted by Gasteiger charge is 2.73. The van der Waals surface area contributed by atoms with Gasteiger partial charge in [-0.15, -0.1) is 0 Å². The fourth-order valence-corrected chi connectivity index (χ4v) is 6.94. The van der Waals surface area contributed by atoms with Gasteiger partial charge in [0.15, 0.2) is 0 Å². The van der Waals surface area contributed by atoms with Gasteiger partial charge in [0.25, 0.3) is 0 Å². The second kappa shape index (κ2) is 4.30. The van der Waals surface area contributed by atoms with Gasteiger partial charge in [-0.25, -0.2) is 0 Å². The van der Waals surface area contributed by atoms with Crippen LogP contribution in [0, 0.1) is 28.1 Å². The van der Waals surface area contributed by atoms with E-state index in [0.717, 1.165) is 18.8 Å². The van der Waals surface area contributed by atoms with E-state index in [2.05, 4.69) is 27.7 Å². The van der Waals surface area contributed by atoms with Crippen molar-refractivity contribution >= 4 is 5.97 Å². The summed E-state index contributed by atoms with van der Waals surface area (Å²) < 4.78 is 6.32. The number of esters is 1. The summed E-state index contributed by atoms with van der Waals surface area (Å²) in [6.07, 6.45) is 11.0. The predicted molar refractivity (Wildman–Crippen MR) is 87.4 cm³/mol. The van der Waals surface area contributed by atoms with Crippen LogP contribution in [0.4, 0.5) is 0 Å². The Morgan fingerprint density at radius 3 is 2.59 bits per heavy atom. The van der Waals surface area contributed by atoms with E-state index in [-0.39, 0.29) is 22.4 Å². The smallest absolute Gasteiger partial charge is 0.312 e. The van der Waals surface area contributed by atoms with Gasteiger partial charge in [0.1, 0.15) is 5.60 Å². The lowest BCUT2D eigenvalue weighted by molar-refractivity contribution is -0.205. The van der Waals surface area contributed by atoms with Crippen molar-refractivity contribution in [3.63, 3.8) is 0 Å². The first-order chi connectivity index (χ1) is 10.3. The van der Waals surface area contributed by atoms with E-state index in [4.69, 9.17) is 4.74 Å². The van der Waals surface area contributed by atoms with Gasteiger partial charge in [-0.05, 0) is 69.6 Å². The Labute approximate surface area is 135 Å². The van der Waals surface area contributed by atoms with Gasteiger partial charge in [-0.1, -0.05) is 27.2 Å². The number of carbonyl (C=O) groups is 1. The average molecular weight is 304 g/mol. The van der Waals surface area contributed by atoms with Crippen molar-refractivity contribution in [1.29, 1.82) is 0 Å². The van der Waals surface area contributed by atoms with Crippen molar-refractivity contribution in [3.05, 3.63) is 0 Å². The number of rotatable bonds is 1. The first kappa shape index (κ1) is 15.0. The van der Waals surface area contributed by atoms with Crippen molar-refractivity contribution in [2.24, 2.45) is 28.1 Å². The number of ether oxygens (including phenoxy) is 1. The SMILES string of the molecule is CC[C@@]1(C)CC[C@]2(C)[C@H](CC[C@@H]3[C@@]24CCC[C@]3(C)C(=O)O4)C1. The van der Waals surface area contributed by atoms with Crippen LogP contribution in [0.15, 0.2) is 0 Å². The molecule has 0 aromatic rings. The van der Waals surface area contributed by atoms with Crippen LogP contribution >= 0.6 is 0 Å². The Morgan fingerprint density at radius 2 is 1.86 bits per heavy atom. The average Bonchev–Trinajstić information content (AvgIpc) is 2.61. The molecule has 3 saturated carbocycles. The fourth-order valence-electron chi connectivity index (χ4n) is 6.94. The predicted octanol–water partition coefficient (Wildman–Crippen LogP) is 5.10. The highest BCUT2D eigenvalue weighted by molar-refractivity contribution is 5.81. The van der Waals surface area contributed by atoms with Crippen molar-refractivity contribution < 1.29 is 9.53 Å². The molecular weight excluding hydrogens is 272 g/mol. The maximum absolute atomic E-state index is 12.7. The summed E-state index contributed by atoms with van der Waals surface area (Å²) in [4.78, 5) is 12.7. The zero-order valence-electron chi connectivity index (χ0n) is 14.8. The molecule has 4 rings (SSSR count). The molecule has 0 N–H and O–H groups in total. The van der Waals surface area contributed by atoms with Crippen LogP contribution in [0.5, 0.6) is 0 Å². The normalized spacial score (nSPS) is 57.0. The van der Waals surface area contributed by atoms with E-state index in [0.29, 0.717) is 11.3 Å². The number of hydrogen-bond donors (Lipinski definition) is 0. The summed E-state index contributed by atoms with van der Waals surface area (Å²) in [6.45, 7) is 9.49. The third-order valence-electron chi connectivity index (χ3n) is 8.83. The van der Waals surface area contributed by atoms with Crippen molar-refractivity contribution in [3.8, 4) is 0 Å². The molecule has 1 aliphatic heterocycles. The Bertz CT molecular complexity index is 514. The van der Waals surface area contributed by atoms with E-state index < -0.39 is 0 Å². The van der Waals surface area contributed by atoms with Gasteiger partial charge in [0.05, 0.1) is 5.41 Å². The standard InChI is InChI=1S/C20H32O2/c1-5-17(2)11-12-19(4)14(13-17)7-8-15-18(3)9-6-10-20(15,19)22-16(18)21/h14-15H,5-13H2,1-4H3/t14-,15+,17+,18+,19-,20+/m1/s1. The minimum Gasteiger partial charge on any atom is -0.458 e. The molecule has 0 aromatic heterocycles. The lowest BCUT2D eigenvalue weighted by atomic mass is 9.42. The summed E-state index contributed by atoms with van der Waals surface area (Å²) in [5.74, 6) is 1.35. The molecule has 2 nitrogen and oxygen atoms in total. The molecule has 2 bridgehead atoms. The van der Waals surface area contributed by atoms with E-state index in [1.165, 1.54) is 44.9 Å². The van der Waals surface area contributed by atoms with Crippen molar-refractivity contribution in [2.75, 3.05) is 0 Å². The van der Waals surface area contributed by atoms with Gasteiger partial charge < -0.3 is 4.74 Å².